The van der Waals surface area contributed by atoms with Gasteiger partial charge in [-0.15, -0.1) is 11.3 Å². The minimum atomic E-state index is -3.48. The molecule has 0 spiro atoms. The van der Waals surface area contributed by atoms with Gasteiger partial charge < -0.3 is 0 Å². The molecule has 0 unspecified atom stereocenters. The van der Waals surface area contributed by atoms with E-state index in [9.17, 15) is 12.8 Å². The third-order valence-corrected chi connectivity index (χ3v) is 5.58. The number of benzene rings is 1. The molecule has 1 aromatic heterocycles. The first-order valence-electron chi connectivity index (χ1n) is 5.78. The van der Waals surface area contributed by atoms with E-state index in [0.717, 1.165) is 4.88 Å². The van der Waals surface area contributed by atoms with Crippen LogP contribution >= 0.6 is 11.3 Å². The van der Waals surface area contributed by atoms with Crippen LogP contribution in [0.25, 0.3) is 0 Å². The SMILES string of the molecule is Cc1ccc(S(=O)(=O)NCCc2ccccc2F)s1. The summed E-state index contributed by atoms with van der Waals surface area (Å²) in [6.07, 6.45) is 0.330. The monoisotopic (exact) mass is 299 g/mol. The van der Waals surface area contributed by atoms with E-state index in [0.29, 0.717) is 16.2 Å². The zero-order valence-corrected chi connectivity index (χ0v) is 12.0. The quantitative estimate of drug-likeness (QED) is 0.922. The zero-order chi connectivity index (χ0) is 13.9. The Bertz CT molecular complexity index is 665. The van der Waals surface area contributed by atoms with Gasteiger partial charge in [0.25, 0.3) is 0 Å². The highest BCUT2D eigenvalue weighted by molar-refractivity contribution is 7.91. The maximum atomic E-state index is 13.4. The van der Waals surface area contributed by atoms with E-state index in [1.807, 2.05) is 6.92 Å². The molecule has 1 aromatic carbocycles. The zero-order valence-electron chi connectivity index (χ0n) is 10.4. The standard InChI is InChI=1S/C13H14FNO2S2/c1-10-6-7-13(18-10)19(16,17)15-9-8-11-4-2-3-5-12(11)14/h2-7,15H,8-9H2,1H3. The molecule has 0 bridgehead atoms. The molecule has 0 saturated carbocycles. The fourth-order valence-corrected chi connectivity index (χ4v) is 4.01. The number of thiophene rings is 1. The van der Waals surface area contributed by atoms with Crippen LogP contribution in [0.3, 0.4) is 0 Å². The van der Waals surface area contributed by atoms with E-state index in [1.54, 1.807) is 30.3 Å². The Morgan fingerprint density at radius 1 is 1.21 bits per heavy atom. The number of nitrogens with one attached hydrogen (secondary N) is 1. The van der Waals surface area contributed by atoms with Gasteiger partial charge in [0, 0.05) is 11.4 Å². The first-order valence-corrected chi connectivity index (χ1v) is 8.08. The van der Waals surface area contributed by atoms with Crippen molar-refractivity contribution >= 4 is 21.4 Å². The Labute approximate surface area is 116 Å². The van der Waals surface area contributed by atoms with Crippen LogP contribution in [0, 0.1) is 12.7 Å². The molecule has 6 heteroatoms. The first-order chi connectivity index (χ1) is 8.99. The summed E-state index contributed by atoms with van der Waals surface area (Å²) in [4.78, 5) is 0.939. The van der Waals surface area contributed by atoms with E-state index in [4.69, 9.17) is 0 Å². The Hall–Kier alpha value is -1.24. The average Bonchev–Trinajstić information content (AvgIpc) is 2.79. The van der Waals surface area contributed by atoms with Gasteiger partial charge in [0.15, 0.2) is 0 Å². The highest BCUT2D eigenvalue weighted by Gasteiger charge is 2.15. The van der Waals surface area contributed by atoms with Gasteiger partial charge in [0.05, 0.1) is 0 Å². The summed E-state index contributed by atoms with van der Waals surface area (Å²) in [5, 5.41) is 0. The number of hydrogen-bond donors (Lipinski definition) is 1. The summed E-state index contributed by atoms with van der Waals surface area (Å²) in [5.74, 6) is -0.311. The lowest BCUT2D eigenvalue weighted by molar-refractivity contribution is 0.579. The molecule has 0 amide bonds. The highest BCUT2D eigenvalue weighted by Crippen LogP contribution is 2.20. The minimum absolute atomic E-state index is 0.181. The third kappa shape index (κ3) is 3.62. The van der Waals surface area contributed by atoms with Crippen molar-refractivity contribution in [2.24, 2.45) is 0 Å². The second kappa shape index (κ2) is 5.81. The van der Waals surface area contributed by atoms with E-state index in [1.165, 1.54) is 17.4 Å². The Kier molecular flexibility index (Phi) is 4.34. The molecule has 2 aromatic rings. The molecule has 0 radical (unpaired) electrons. The van der Waals surface area contributed by atoms with Crippen molar-refractivity contribution in [1.29, 1.82) is 0 Å². The lowest BCUT2D eigenvalue weighted by atomic mass is 10.1. The Morgan fingerprint density at radius 3 is 2.58 bits per heavy atom. The van der Waals surface area contributed by atoms with Crippen molar-refractivity contribution in [3.63, 3.8) is 0 Å². The van der Waals surface area contributed by atoms with Gasteiger partial charge in [-0.05, 0) is 37.1 Å². The molecule has 3 nitrogen and oxygen atoms in total. The third-order valence-electron chi connectivity index (χ3n) is 2.62. The first kappa shape index (κ1) is 14.2. The highest BCUT2D eigenvalue weighted by atomic mass is 32.2. The second-order valence-corrected chi connectivity index (χ2v) is 7.39. The second-order valence-electron chi connectivity index (χ2n) is 4.10. The van der Waals surface area contributed by atoms with Gasteiger partial charge >= 0.3 is 0 Å². The van der Waals surface area contributed by atoms with Crippen molar-refractivity contribution in [2.45, 2.75) is 17.6 Å². The summed E-state index contributed by atoms with van der Waals surface area (Å²) >= 11 is 1.22. The number of halogens is 1. The molecule has 0 aliphatic carbocycles. The van der Waals surface area contributed by atoms with Gasteiger partial charge in [-0.25, -0.2) is 17.5 Å². The van der Waals surface area contributed by atoms with Gasteiger partial charge in [-0.1, -0.05) is 18.2 Å². The summed E-state index contributed by atoms with van der Waals surface area (Å²) < 4.78 is 40.0. The molecular weight excluding hydrogens is 285 g/mol. The predicted octanol–water partition coefficient (Wildman–Crippen LogP) is 2.72. The summed E-state index contributed by atoms with van der Waals surface area (Å²) in [6, 6.07) is 9.69. The average molecular weight is 299 g/mol. The van der Waals surface area contributed by atoms with Gasteiger partial charge in [-0.3, -0.25) is 0 Å². The number of aryl methyl sites for hydroxylation is 1. The number of sulfonamides is 1. The van der Waals surface area contributed by atoms with Crippen LogP contribution in [0.15, 0.2) is 40.6 Å². The van der Waals surface area contributed by atoms with Crippen molar-refractivity contribution in [3.8, 4) is 0 Å². The van der Waals surface area contributed by atoms with Crippen LogP contribution in [0.4, 0.5) is 4.39 Å². The molecule has 0 saturated heterocycles. The van der Waals surface area contributed by atoms with Crippen LogP contribution in [0.5, 0.6) is 0 Å². The van der Waals surface area contributed by atoms with E-state index in [2.05, 4.69) is 4.72 Å². The van der Waals surface area contributed by atoms with E-state index in [-0.39, 0.29) is 12.4 Å². The Balaban J connectivity index is 1.98. The maximum absolute atomic E-state index is 13.4. The smallest absolute Gasteiger partial charge is 0.210 e. The molecule has 19 heavy (non-hydrogen) atoms. The van der Waals surface area contributed by atoms with E-state index >= 15 is 0 Å². The molecule has 2 rings (SSSR count). The van der Waals surface area contributed by atoms with Crippen molar-refractivity contribution < 1.29 is 12.8 Å². The van der Waals surface area contributed by atoms with Crippen molar-refractivity contribution in [3.05, 3.63) is 52.7 Å². The molecule has 0 aliphatic rings. The summed E-state index contributed by atoms with van der Waals surface area (Å²) in [6.45, 7) is 2.03. The molecule has 1 heterocycles. The number of rotatable bonds is 5. The Morgan fingerprint density at radius 2 is 1.95 bits per heavy atom. The normalized spacial score (nSPS) is 11.7. The van der Waals surface area contributed by atoms with Crippen LogP contribution < -0.4 is 4.72 Å². The molecule has 1 N–H and O–H groups in total. The van der Waals surface area contributed by atoms with Crippen molar-refractivity contribution in [1.82, 2.24) is 4.72 Å². The molecular formula is C13H14FNO2S2. The summed E-state index contributed by atoms with van der Waals surface area (Å²) in [7, 11) is -3.48. The fourth-order valence-electron chi connectivity index (χ4n) is 1.65. The van der Waals surface area contributed by atoms with E-state index < -0.39 is 10.0 Å². The topological polar surface area (TPSA) is 46.2 Å². The fraction of sp³-hybridized carbons (Fsp3) is 0.231. The van der Waals surface area contributed by atoms with Gasteiger partial charge in [0.2, 0.25) is 10.0 Å². The van der Waals surface area contributed by atoms with Gasteiger partial charge in [0.1, 0.15) is 10.0 Å². The largest absolute Gasteiger partial charge is 0.250 e. The van der Waals surface area contributed by atoms with Gasteiger partial charge in [-0.2, -0.15) is 0 Å². The van der Waals surface area contributed by atoms with Crippen LogP contribution in [0.1, 0.15) is 10.4 Å². The van der Waals surface area contributed by atoms with Crippen LogP contribution in [-0.4, -0.2) is 15.0 Å². The number of hydrogen-bond acceptors (Lipinski definition) is 3. The predicted molar refractivity (Wildman–Crippen MR) is 74.3 cm³/mol. The molecule has 0 atom stereocenters. The van der Waals surface area contributed by atoms with Crippen molar-refractivity contribution in [2.75, 3.05) is 6.54 Å². The molecule has 0 aliphatic heterocycles. The maximum Gasteiger partial charge on any atom is 0.250 e. The molecule has 102 valence electrons. The summed E-state index contributed by atoms with van der Waals surface area (Å²) in [5.41, 5.74) is 0.507. The minimum Gasteiger partial charge on any atom is -0.210 e. The lowest BCUT2D eigenvalue weighted by Crippen LogP contribution is -2.25. The molecule has 0 fully saturated rings. The van der Waals surface area contributed by atoms with Crippen LogP contribution in [-0.2, 0) is 16.4 Å². The lowest BCUT2D eigenvalue weighted by Gasteiger charge is -2.05. The van der Waals surface area contributed by atoms with Crippen LogP contribution in [0.2, 0.25) is 0 Å².